The van der Waals surface area contributed by atoms with Crippen LogP contribution in [0.1, 0.15) is 6.42 Å². The minimum Gasteiger partial charge on any atom is -0.491 e. The Bertz CT molecular complexity index is 1010. The maximum Gasteiger partial charge on any atom is 0.419 e. The molecular formula is C20H20F5N3O3S. The van der Waals surface area contributed by atoms with Gasteiger partial charge in [0, 0.05) is 25.4 Å². The van der Waals surface area contributed by atoms with Crippen molar-refractivity contribution in [3.05, 3.63) is 42.1 Å². The minimum absolute atomic E-state index is 0.200. The lowest BCUT2D eigenvalue weighted by Gasteiger charge is -2.31. The molecule has 1 saturated heterocycles. The van der Waals surface area contributed by atoms with Crippen LogP contribution < -0.4 is 15.0 Å². The fraction of sp³-hybridized carbons (Fsp3) is 0.400. The summed E-state index contributed by atoms with van der Waals surface area (Å²) < 4.78 is 79.5. The van der Waals surface area contributed by atoms with Crippen LogP contribution in [-0.4, -0.2) is 55.7 Å². The molecule has 0 radical (unpaired) electrons. The molecule has 1 N–H and O–H groups in total. The average molecular weight is 477 g/mol. The van der Waals surface area contributed by atoms with Gasteiger partial charge in [0.25, 0.3) is 0 Å². The zero-order valence-electron chi connectivity index (χ0n) is 17.3. The summed E-state index contributed by atoms with van der Waals surface area (Å²) in [5, 5.41) is 3.16. The first-order valence-electron chi connectivity index (χ1n) is 9.28. The second-order valence-corrected chi connectivity index (χ2v) is 7.86. The van der Waals surface area contributed by atoms with Crippen LogP contribution in [0.25, 0.3) is 0 Å². The van der Waals surface area contributed by atoms with Crippen LogP contribution >= 0.6 is 11.8 Å². The van der Waals surface area contributed by atoms with Crippen LogP contribution in [0, 0.1) is 11.6 Å². The molecule has 0 bridgehead atoms. The molecule has 0 saturated carbocycles. The van der Waals surface area contributed by atoms with Crippen LogP contribution in [0.3, 0.4) is 0 Å². The second kappa shape index (κ2) is 9.10. The summed E-state index contributed by atoms with van der Waals surface area (Å²) in [4.78, 5) is 18.2. The van der Waals surface area contributed by atoms with E-state index in [-0.39, 0.29) is 5.69 Å². The van der Waals surface area contributed by atoms with Gasteiger partial charge in [0.1, 0.15) is 6.04 Å². The van der Waals surface area contributed by atoms with Gasteiger partial charge >= 0.3 is 6.18 Å². The van der Waals surface area contributed by atoms with Gasteiger partial charge in [-0.15, -0.1) is 11.8 Å². The summed E-state index contributed by atoms with van der Waals surface area (Å²) >= 11 is 1.32. The Morgan fingerprint density at radius 2 is 2.00 bits per heavy atom. The van der Waals surface area contributed by atoms with Crippen molar-refractivity contribution in [1.82, 2.24) is 4.98 Å². The number of hydrogen-bond acceptors (Lipinski definition) is 6. The zero-order valence-corrected chi connectivity index (χ0v) is 18.1. The zero-order chi connectivity index (χ0) is 23.7. The van der Waals surface area contributed by atoms with Crippen molar-refractivity contribution in [2.75, 3.05) is 37.2 Å². The largest absolute Gasteiger partial charge is 0.491 e. The van der Waals surface area contributed by atoms with Crippen LogP contribution in [-0.2, 0) is 9.53 Å². The number of thioether (sulfide) groups is 1. The van der Waals surface area contributed by atoms with Crippen molar-refractivity contribution in [1.29, 1.82) is 0 Å². The van der Waals surface area contributed by atoms with E-state index >= 15 is 0 Å². The Hall–Kier alpha value is -2.60. The Kier molecular flexibility index (Phi) is 6.84. The SMILES string of the molecule is COc1c(N2CC(OC)(C(F)(F)F)CC2C(=O)Nc2ccnc(SC)c2)ccc(F)c1F. The monoisotopic (exact) mass is 477 g/mol. The first-order chi connectivity index (χ1) is 15.1. The van der Waals surface area contributed by atoms with E-state index in [9.17, 15) is 26.7 Å². The Morgan fingerprint density at radius 3 is 2.59 bits per heavy atom. The predicted molar refractivity (Wildman–Crippen MR) is 109 cm³/mol. The van der Waals surface area contributed by atoms with Crippen LogP contribution in [0.4, 0.5) is 33.3 Å². The van der Waals surface area contributed by atoms with Crippen molar-refractivity contribution < 1.29 is 36.2 Å². The summed E-state index contributed by atoms with van der Waals surface area (Å²) in [7, 11) is 1.95. The maximum atomic E-state index is 14.3. The predicted octanol–water partition coefficient (Wildman–Crippen LogP) is 4.26. The number of carbonyl (C=O) groups is 1. The van der Waals surface area contributed by atoms with Gasteiger partial charge in [-0.1, -0.05) is 0 Å². The average Bonchev–Trinajstić information content (AvgIpc) is 3.17. The minimum atomic E-state index is -4.83. The van der Waals surface area contributed by atoms with Gasteiger partial charge < -0.3 is 19.7 Å². The summed E-state index contributed by atoms with van der Waals surface area (Å²) in [5.41, 5.74) is -2.57. The molecule has 2 atom stereocenters. The van der Waals surface area contributed by atoms with Gasteiger partial charge in [0.2, 0.25) is 11.7 Å². The third-order valence-electron chi connectivity index (χ3n) is 5.29. The number of amides is 1. The molecular weight excluding hydrogens is 457 g/mol. The highest BCUT2D eigenvalue weighted by atomic mass is 32.2. The number of pyridine rings is 1. The topological polar surface area (TPSA) is 63.7 Å². The molecule has 174 valence electrons. The Labute approximate surface area is 185 Å². The van der Waals surface area contributed by atoms with E-state index in [0.717, 1.165) is 31.3 Å². The molecule has 2 heterocycles. The van der Waals surface area contributed by atoms with Crippen molar-refractivity contribution in [3.63, 3.8) is 0 Å². The molecule has 6 nitrogen and oxygen atoms in total. The molecule has 1 aliphatic heterocycles. The number of nitrogens with one attached hydrogen (secondary N) is 1. The van der Waals surface area contributed by atoms with Gasteiger partial charge in [-0.3, -0.25) is 4.79 Å². The van der Waals surface area contributed by atoms with Gasteiger partial charge in [0.05, 0.1) is 24.4 Å². The fourth-order valence-corrected chi connectivity index (χ4v) is 4.01. The first-order valence-corrected chi connectivity index (χ1v) is 10.5. The van der Waals surface area contributed by atoms with E-state index in [1.165, 1.54) is 24.0 Å². The van der Waals surface area contributed by atoms with Crippen molar-refractivity contribution in [2.45, 2.75) is 29.3 Å². The van der Waals surface area contributed by atoms with E-state index in [4.69, 9.17) is 9.47 Å². The number of carbonyl (C=O) groups excluding carboxylic acids is 1. The lowest BCUT2D eigenvalue weighted by Crippen LogP contribution is -2.49. The number of ether oxygens (including phenoxy) is 2. The quantitative estimate of drug-likeness (QED) is 0.496. The molecule has 2 unspecified atom stereocenters. The third-order valence-corrected chi connectivity index (χ3v) is 5.93. The Balaban J connectivity index is 2.04. The van der Waals surface area contributed by atoms with Gasteiger partial charge in [-0.2, -0.15) is 17.6 Å². The highest BCUT2D eigenvalue weighted by molar-refractivity contribution is 7.98. The molecule has 1 amide bonds. The van der Waals surface area contributed by atoms with E-state index < -0.39 is 54.1 Å². The van der Waals surface area contributed by atoms with Crippen LogP contribution in [0.5, 0.6) is 5.75 Å². The highest BCUT2D eigenvalue weighted by Crippen LogP contribution is 2.47. The molecule has 2 aromatic rings. The number of hydrogen-bond donors (Lipinski definition) is 1. The molecule has 0 aliphatic carbocycles. The van der Waals surface area contributed by atoms with Crippen LogP contribution in [0.15, 0.2) is 35.5 Å². The van der Waals surface area contributed by atoms with Crippen molar-refractivity contribution >= 4 is 29.0 Å². The molecule has 1 fully saturated rings. The molecule has 1 aromatic carbocycles. The lowest BCUT2D eigenvalue weighted by atomic mass is 9.99. The lowest BCUT2D eigenvalue weighted by molar-refractivity contribution is -0.261. The van der Waals surface area contributed by atoms with E-state index in [2.05, 4.69) is 10.3 Å². The maximum absolute atomic E-state index is 14.3. The number of nitrogens with zero attached hydrogens (tertiary/aromatic N) is 2. The third kappa shape index (κ3) is 4.33. The summed E-state index contributed by atoms with van der Waals surface area (Å²) in [5.74, 6) is -3.99. The smallest absolute Gasteiger partial charge is 0.419 e. The molecule has 12 heteroatoms. The molecule has 1 aliphatic rings. The second-order valence-electron chi connectivity index (χ2n) is 7.03. The Morgan fingerprint density at radius 1 is 1.28 bits per heavy atom. The van der Waals surface area contributed by atoms with Gasteiger partial charge in [0.15, 0.2) is 17.2 Å². The fourth-order valence-electron chi connectivity index (χ4n) is 3.60. The summed E-state index contributed by atoms with van der Waals surface area (Å²) in [6, 6.07) is 3.46. The van der Waals surface area contributed by atoms with Gasteiger partial charge in [-0.05, 0) is 30.5 Å². The molecule has 0 spiro atoms. The number of halogens is 5. The molecule has 1 aromatic heterocycles. The number of aromatic nitrogens is 1. The summed E-state index contributed by atoms with van der Waals surface area (Å²) in [6.07, 6.45) is -2.37. The number of benzene rings is 1. The van der Waals surface area contributed by atoms with Crippen molar-refractivity contribution in [2.24, 2.45) is 0 Å². The number of anilines is 2. The van der Waals surface area contributed by atoms with E-state index in [0.29, 0.717) is 10.7 Å². The normalized spacial score (nSPS) is 21.0. The van der Waals surface area contributed by atoms with Gasteiger partial charge in [-0.25, -0.2) is 9.37 Å². The molecule has 32 heavy (non-hydrogen) atoms. The summed E-state index contributed by atoms with van der Waals surface area (Å²) in [6.45, 7) is -0.821. The molecule has 3 rings (SSSR count). The van der Waals surface area contributed by atoms with E-state index in [1.54, 1.807) is 12.3 Å². The number of rotatable bonds is 6. The van der Waals surface area contributed by atoms with Crippen LogP contribution in [0.2, 0.25) is 0 Å². The number of methoxy groups -OCH3 is 2. The van der Waals surface area contributed by atoms with E-state index in [1.807, 2.05) is 0 Å². The highest BCUT2D eigenvalue weighted by Gasteiger charge is 2.63. The first kappa shape index (κ1) is 24.1. The van der Waals surface area contributed by atoms with Crippen molar-refractivity contribution in [3.8, 4) is 5.75 Å². The standard InChI is InChI=1S/C20H20F5N3O3S/c1-30-17-13(5-4-12(21)16(17)22)28-10-19(31-2,20(23,24)25)9-14(28)18(29)27-11-6-7-26-15(8-11)32-3/h4-8,14H,9-10H2,1-3H3,(H,26,27,29). The number of alkyl halides is 3.